The molecule has 1 amide bonds. The molecule has 6 nitrogen and oxygen atoms in total. The van der Waals surface area contributed by atoms with Gasteiger partial charge in [-0.25, -0.2) is 9.97 Å². The molecule has 2 aromatic heterocycles. The number of nitrogens with one attached hydrogen (secondary N) is 2. The number of carbonyl (C=O) groups excluding carboxylic acids is 1. The topological polar surface area (TPSA) is 76.1 Å². The van der Waals surface area contributed by atoms with Crippen LogP contribution in [0.5, 0.6) is 5.75 Å². The number of aromatic nitrogens is 2. The largest absolute Gasteiger partial charge is 0.495 e. The Bertz CT molecular complexity index is 929. The summed E-state index contributed by atoms with van der Waals surface area (Å²) >= 11 is 7.49. The summed E-state index contributed by atoms with van der Waals surface area (Å²) in [4.78, 5) is 21.0. The number of amides is 1. The maximum atomic E-state index is 12.2. The molecular weight excluding hydrogens is 372 g/mol. The summed E-state index contributed by atoms with van der Waals surface area (Å²) in [5.74, 6) is 1.12. The van der Waals surface area contributed by atoms with E-state index in [1.807, 2.05) is 30.5 Å². The van der Waals surface area contributed by atoms with Gasteiger partial charge in [0.2, 0.25) is 5.91 Å². The number of nitrogens with zero attached hydrogens (tertiary/aromatic N) is 2. The van der Waals surface area contributed by atoms with Crippen molar-refractivity contribution in [3.63, 3.8) is 0 Å². The van der Waals surface area contributed by atoms with Crippen LogP contribution < -0.4 is 15.4 Å². The molecular formula is C18H17ClN4O2S. The van der Waals surface area contributed by atoms with Crippen molar-refractivity contribution in [2.75, 3.05) is 17.7 Å². The first kappa shape index (κ1) is 18.2. The summed E-state index contributed by atoms with van der Waals surface area (Å²) in [6.07, 6.45) is 0.170. The molecule has 2 N–H and O–H groups in total. The molecule has 0 bridgehead atoms. The van der Waals surface area contributed by atoms with E-state index in [0.29, 0.717) is 27.3 Å². The molecule has 3 aromatic rings. The second-order valence-electron chi connectivity index (χ2n) is 5.51. The molecule has 0 spiro atoms. The Hall–Kier alpha value is -2.64. The Morgan fingerprint density at radius 2 is 2.12 bits per heavy atom. The molecule has 2 heterocycles. The highest BCUT2D eigenvalue weighted by Gasteiger charge is 2.10. The van der Waals surface area contributed by atoms with Crippen molar-refractivity contribution in [1.29, 1.82) is 0 Å². The minimum absolute atomic E-state index is 0.170. The number of benzene rings is 1. The molecule has 134 valence electrons. The Labute approximate surface area is 160 Å². The maximum absolute atomic E-state index is 12.2. The van der Waals surface area contributed by atoms with Gasteiger partial charge in [0.05, 0.1) is 24.2 Å². The van der Waals surface area contributed by atoms with Gasteiger partial charge in [-0.3, -0.25) is 4.79 Å². The van der Waals surface area contributed by atoms with Crippen LogP contribution in [-0.4, -0.2) is 23.0 Å². The average molecular weight is 389 g/mol. The Morgan fingerprint density at radius 3 is 2.85 bits per heavy atom. The molecule has 0 fully saturated rings. The lowest BCUT2D eigenvalue weighted by molar-refractivity contribution is -0.115. The van der Waals surface area contributed by atoms with Crippen LogP contribution in [-0.2, 0) is 11.2 Å². The van der Waals surface area contributed by atoms with E-state index in [9.17, 15) is 4.79 Å². The summed E-state index contributed by atoms with van der Waals surface area (Å²) < 4.78 is 5.09. The molecule has 0 aliphatic heterocycles. The lowest BCUT2D eigenvalue weighted by Crippen LogP contribution is -2.14. The van der Waals surface area contributed by atoms with E-state index in [0.717, 1.165) is 11.5 Å². The van der Waals surface area contributed by atoms with Crippen LogP contribution in [0.4, 0.5) is 16.6 Å². The highest BCUT2D eigenvalue weighted by molar-refractivity contribution is 7.13. The van der Waals surface area contributed by atoms with Crippen molar-refractivity contribution in [1.82, 2.24) is 9.97 Å². The summed E-state index contributed by atoms with van der Waals surface area (Å²) in [6, 6.07) is 10.8. The number of hydrogen-bond donors (Lipinski definition) is 2. The molecule has 0 saturated heterocycles. The van der Waals surface area contributed by atoms with E-state index in [1.54, 1.807) is 25.3 Å². The predicted octanol–water partition coefficient (Wildman–Crippen LogP) is 4.43. The van der Waals surface area contributed by atoms with Crippen molar-refractivity contribution in [3.05, 3.63) is 58.2 Å². The first-order valence-electron chi connectivity index (χ1n) is 7.82. The molecule has 0 aliphatic rings. The number of ether oxygens (including phenoxy) is 1. The van der Waals surface area contributed by atoms with Crippen molar-refractivity contribution < 1.29 is 9.53 Å². The van der Waals surface area contributed by atoms with E-state index in [2.05, 4.69) is 20.6 Å². The van der Waals surface area contributed by atoms with Gasteiger partial charge in [-0.15, -0.1) is 11.3 Å². The fraction of sp³-hybridized carbons (Fsp3) is 0.167. The molecule has 0 atom stereocenters. The molecule has 1 aromatic carbocycles. The number of halogens is 1. The summed E-state index contributed by atoms with van der Waals surface area (Å²) in [5.41, 5.74) is 2.21. The van der Waals surface area contributed by atoms with Gasteiger partial charge in [0.15, 0.2) is 5.13 Å². The lowest BCUT2D eigenvalue weighted by Gasteiger charge is -2.07. The quantitative estimate of drug-likeness (QED) is 0.653. The number of carbonyl (C=O) groups is 1. The van der Waals surface area contributed by atoms with E-state index in [4.69, 9.17) is 16.3 Å². The number of anilines is 3. The SMILES string of the molecule is COc1ccc(NC(=O)Cc2csc(Nc3cccc(C)n3)n2)cc1Cl. The van der Waals surface area contributed by atoms with Gasteiger partial charge >= 0.3 is 0 Å². The second kappa shape index (κ2) is 8.16. The minimum atomic E-state index is -0.170. The molecule has 0 aliphatic carbocycles. The van der Waals surface area contributed by atoms with Crippen LogP contribution in [0.15, 0.2) is 41.8 Å². The maximum Gasteiger partial charge on any atom is 0.230 e. The molecule has 3 rings (SSSR count). The third-order valence-corrected chi connectivity index (χ3v) is 4.55. The Kier molecular flexibility index (Phi) is 5.70. The molecule has 0 saturated carbocycles. The number of aryl methyl sites for hydroxylation is 1. The zero-order chi connectivity index (χ0) is 18.5. The summed E-state index contributed by atoms with van der Waals surface area (Å²) in [7, 11) is 1.54. The first-order valence-corrected chi connectivity index (χ1v) is 9.08. The number of thiazole rings is 1. The van der Waals surface area contributed by atoms with Crippen LogP contribution in [0.25, 0.3) is 0 Å². The second-order valence-corrected chi connectivity index (χ2v) is 6.77. The first-order chi connectivity index (χ1) is 12.5. The minimum Gasteiger partial charge on any atom is -0.495 e. The lowest BCUT2D eigenvalue weighted by atomic mass is 10.2. The standard InChI is InChI=1S/C18H17ClN4O2S/c1-11-4-3-5-16(20-11)23-18-22-13(10-26-18)9-17(24)21-12-6-7-15(25-2)14(19)8-12/h3-8,10H,9H2,1-2H3,(H,21,24)(H,20,22,23). The van der Waals surface area contributed by atoms with Gasteiger partial charge in [0.25, 0.3) is 0 Å². The Morgan fingerprint density at radius 1 is 1.27 bits per heavy atom. The molecule has 8 heteroatoms. The normalized spacial score (nSPS) is 10.4. The fourth-order valence-electron chi connectivity index (χ4n) is 2.28. The molecule has 0 radical (unpaired) electrons. The number of methoxy groups -OCH3 is 1. The molecule has 0 unspecified atom stereocenters. The Balaban J connectivity index is 1.60. The van der Waals surface area contributed by atoms with Crippen molar-refractivity contribution in [3.8, 4) is 5.75 Å². The van der Waals surface area contributed by atoms with Crippen molar-refractivity contribution >= 4 is 45.5 Å². The average Bonchev–Trinajstić information content (AvgIpc) is 3.01. The van der Waals surface area contributed by atoms with Crippen LogP contribution in [0.2, 0.25) is 5.02 Å². The number of pyridine rings is 1. The van der Waals surface area contributed by atoms with Gasteiger partial charge in [-0.2, -0.15) is 0 Å². The highest BCUT2D eigenvalue weighted by atomic mass is 35.5. The van der Waals surface area contributed by atoms with Crippen LogP contribution in [0.1, 0.15) is 11.4 Å². The predicted molar refractivity (Wildman–Crippen MR) is 105 cm³/mol. The zero-order valence-electron chi connectivity index (χ0n) is 14.2. The van der Waals surface area contributed by atoms with E-state index >= 15 is 0 Å². The van der Waals surface area contributed by atoms with Crippen molar-refractivity contribution in [2.45, 2.75) is 13.3 Å². The van der Waals surface area contributed by atoms with E-state index < -0.39 is 0 Å². The monoisotopic (exact) mass is 388 g/mol. The number of rotatable bonds is 6. The van der Waals surface area contributed by atoms with Gasteiger partial charge in [0.1, 0.15) is 11.6 Å². The fourth-order valence-corrected chi connectivity index (χ4v) is 3.26. The van der Waals surface area contributed by atoms with Crippen LogP contribution in [0, 0.1) is 6.92 Å². The third kappa shape index (κ3) is 4.71. The zero-order valence-corrected chi connectivity index (χ0v) is 15.8. The van der Waals surface area contributed by atoms with Gasteiger partial charge in [-0.1, -0.05) is 17.7 Å². The van der Waals surface area contributed by atoms with E-state index in [-0.39, 0.29) is 12.3 Å². The summed E-state index contributed by atoms with van der Waals surface area (Å²) in [6.45, 7) is 1.92. The summed E-state index contributed by atoms with van der Waals surface area (Å²) in [5, 5.41) is 8.92. The third-order valence-electron chi connectivity index (χ3n) is 3.45. The van der Waals surface area contributed by atoms with E-state index in [1.165, 1.54) is 11.3 Å². The smallest absolute Gasteiger partial charge is 0.230 e. The van der Waals surface area contributed by atoms with Gasteiger partial charge in [0, 0.05) is 16.8 Å². The highest BCUT2D eigenvalue weighted by Crippen LogP contribution is 2.27. The number of hydrogen-bond acceptors (Lipinski definition) is 6. The molecule has 26 heavy (non-hydrogen) atoms. The van der Waals surface area contributed by atoms with Crippen molar-refractivity contribution in [2.24, 2.45) is 0 Å². The van der Waals surface area contributed by atoms with Crippen LogP contribution in [0.3, 0.4) is 0 Å². The van der Waals surface area contributed by atoms with Gasteiger partial charge in [-0.05, 0) is 37.3 Å². The van der Waals surface area contributed by atoms with Crippen LogP contribution >= 0.6 is 22.9 Å². The van der Waals surface area contributed by atoms with Gasteiger partial charge < -0.3 is 15.4 Å².